The molecule has 0 N–H and O–H groups in total. The molecule has 2 heteroatoms. The molecule has 0 aliphatic heterocycles. The van der Waals surface area contributed by atoms with Crippen LogP contribution in [0.5, 0.6) is 0 Å². The molecule has 0 aromatic heterocycles. The van der Waals surface area contributed by atoms with Gasteiger partial charge in [-0.05, 0) is 76.5 Å². The van der Waals surface area contributed by atoms with Crippen LogP contribution in [0.3, 0.4) is 0 Å². The highest BCUT2D eigenvalue weighted by molar-refractivity contribution is 5.89. The van der Waals surface area contributed by atoms with E-state index in [4.69, 9.17) is 4.74 Å². The van der Waals surface area contributed by atoms with Crippen LogP contribution in [0.4, 0.5) is 0 Å². The number of fused-ring (bicyclic) bond motifs is 1. The molecule has 0 unspecified atom stereocenters. The summed E-state index contributed by atoms with van der Waals surface area (Å²) in [5.41, 5.74) is 7.98. The van der Waals surface area contributed by atoms with Crippen LogP contribution in [0.1, 0.15) is 124 Å². The van der Waals surface area contributed by atoms with E-state index < -0.39 is 0 Å². The number of esters is 1. The number of methoxy groups -OCH3 is 1. The van der Waals surface area contributed by atoms with E-state index in [1.54, 1.807) is 5.56 Å². The van der Waals surface area contributed by atoms with Crippen molar-refractivity contribution in [1.29, 1.82) is 0 Å². The molecule has 0 spiro atoms. The van der Waals surface area contributed by atoms with E-state index in [2.05, 4.69) is 58.9 Å². The lowest BCUT2D eigenvalue weighted by atomic mass is 9.62. The first-order chi connectivity index (χ1) is 16.2. The predicted octanol–water partition coefficient (Wildman–Crippen LogP) is 8.90. The molecule has 0 fully saturated rings. The van der Waals surface area contributed by atoms with Gasteiger partial charge in [0.1, 0.15) is 0 Å². The van der Waals surface area contributed by atoms with E-state index >= 15 is 0 Å². The molecule has 1 aliphatic rings. The molecule has 0 amide bonds. The van der Waals surface area contributed by atoms with E-state index in [1.807, 2.05) is 24.3 Å². The molecule has 184 valence electrons. The number of aryl methyl sites for hydroxylation is 1. The molecule has 0 radical (unpaired) electrons. The minimum atomic E-state index is -0.295. The van der Waals surface area contributed by atoms with Crippen molar-refractivity contribution in [2.45, 2.75) is 103 Å². The van der Waals surface area contributed by atoms with Gasteiger partial charge in [-0.2, -0.15) is 0 Å². The molecule has 0 heterocycles. The Morgan fingerprint density at radius 2 is 1.44 bits per heavy atom. The van der Waals surface area contributed by atoms with Crippen LogP contribution in [-0.4, -0.2) is 13.1 Å². The second kappa shape index (κ2) is 11.4. The molecular formula is C32H44O2. The summed E-state index contributed by atoms with van der Waals surface area (Å²) in [6, 6.07) is 12.6. The van der Waals surface area contributed by atoms with E-state index in [9.17, 15) is 4.79 Å². The Morgan fingerprint density at radius 1 is 0.853 bits per heavy atom. The molecule has 0 bridgehead atoms. The van der Waals surface area contributed by atoms with Crippen LogP contribution in [0, 0.1) is 0 Å². The monoisotopic (exact) mass is 460 g/mol. The minimum absolute atomic E-state index is 0.203. The van der Waals surface area contributed by atoms with Crippen molar-refractivity contribution >= 4 is 18.1 Å². The Balaban J connectivity index is 1.90. The maximum Gasteiger partial charge on any atom is 0.337 e. The summed E-state index contributed by atoms with van der Waals surface area (Å²) >= 11 is 0. The van der Waals surface area contributed by atoms with Gasteiger partial charge in [0.05, 0.1) is 12.7 Å². The van der Waals surface area contributed by atoms with Gasteiger partial charge in [0.2, 0.25) is 0 Å². The van der Waals surface area contributed by atoms with Crippen molar-refractivity contribution in [3.63, 3.8) is 0 Å². The standard InChI is InChI=1S/C32H44O2/c1-7-8-9-10-11-12-13-26-22-28-29(32(4,5)21-20-31(28,2)3)23-27(26)19-16-24-14-17-25(18-15-24)30(33)34-6/h14-19,22-23H,7-13,20-21H2,1-6H3. The third-order valence-electron chi connectivity index (χ3n) is 7.70. The second-order valence-electron chi connectivity index (χ2n) is 11.3. The molecule has 2 nitrogen and oxygen atoms in total. The van der Waals surface area contributed by atoms with Gasteiger partial charge in [-0.25, -0.2) is 4.79 Å². The van der Waals surface area contributed by atoms with Gasteiger partial charge >= 0.3 is 5.97 Å². The second-order valence-corrected chi connectivity index (χ2v) is 11.3. The van der Waals surface area contributed by atoms with Crippen LogP contribution in [0.2, 0.25) is 0 Å². The van der Waals surface area contributed by atoms with Gasteiger partial charge in [0, 0.05) is 0 Å². The molecule has 1 aliphatic carbocycles. The number of benzene rings is 2. The van der Waals surface area contributed by atoms with Crippen molar-refractivity contribution in [3.05, 3.63) is 69.8 Å². The first-order valence-electron chi connectivity index (χ1n) is 13.2. The van der Waals surface area contributed by atoms with Gasteiger partial charge in [-0.3, -0.25) is 0 Å². The summed E-state index contributed by atoms with van der Waals surface area (Å²) in [5.74, 6) is -0.295. The first-order valence-corrected chi connectivity index (χ1v) is 13.2. The average Bonchev–Trinajstić information content (AvgIpc) is 2.82. The zero-order chi connectivity index (χ0) is 24.8. The normalized spacial score (nSPS) is 16.4. The largest absolute Gasteiger partial charge is 0.465 e. The third-order valence-corrected chi connectivity index (χ3v) is 7.70. The van der Waals surface area contributed by atoms with E-state index in [0.717, 1.165) is 12.0 Å². The molecule has 3 rings (SSSR count). The summed E-state index contributed by atoms with van der Waals surface area (Å²) in [6.45, 7) is 11.9. The summed E-state index contributed by atoms with van der Waals surface area (Å²) in [5, 5.41) is 0. The maximum absolute atomic E-state index is 11.7. The smallest absolute Gasteiger partial charge is 0.337 e. The number of unbranched alkanes of at least 4 members (excludes halogenated alkanes) is 5. The van der Waals surface area contributed by atoms with E-state index in [0.29, 0.717) is 5.56 Å². The summed E-state index contributed by atoms with van der Waals surface area (Å²) in [4.78, 5) is 11.7. The number of hydrogen-bond donors (Lipinski definition) is 0. The predicted molar refractivity (Wildman–Crippen MR) is 146 cm³/mol. The topological polar surface area (TPSA) is 26.3 Å². The van der Waals surface area contributed by atoms with Crippen molar-refractivity contribution in [2.75, 3.05) is 7.11 Å². The molecule has 0 saturated carbocycles. The molecule has 0 saturated heterocycles. The lowest BCUT2D eigenvalue weighted by Crippen LogP contribution is -2.34. The Bertz CT molecular complexity index is 992. The maximum atomic E-state index is 11.7. The van der Waals surface area contributed by atoms with Crippen LogP contribution in [0.15, 0.2) is 36.4 Å². The zero-order valence-corrected chi connectivity index (χ0v) is 22.3. The molecule has 34 heavy (non-hydrogen) atoms. The van der Waals surface area contributed by atoms with Crippen molar-refractivity contribution < 1.29 is 9.53 Å². The van der Waals surface area contributed by atoms with Gasteiger partial charge in [-0.15, -0.1) is 0 Å². The fraction of sp³-hybridized carbons (Fsp3) is 0.531. The van der Waals surface area contributed by atoms with E-state index in [-0.39, 0.29) is 16.8 Å². The highest BCUT2D eigenvalue weighted by atomic mass is 16.5. The quantitative estimate of drug-likeness (QED) is 0.201. The summed E-state index contributed by atoms with van der Waals surface area (Å²) < 4.78 is 4.82. The zero-order valence-electron chi connectivity index (χ0n) is 22.3. The van der Waals surface area contributed by atoms with Gasteiger partial charge in [0.25, 0.3) is 0 Å². The number of ether oxygens (including phenoxy) is 1. The van der Waals surface area contributed by atoms with Gasteiger partial charge in [-0.1, -0.05) is 103 Å². The molecule has 0 atom stereocenters. The fourth-order valence-corrected chi connectivity index (χ4v) is 5.18. The van der Waals surface area contributed by atoms with Crippen LogP contribution in [0.25, 0.3) is 12.2 Å². The number of rotatable bonds is 10. The third kappa shape index (κ3) is 6.40. The van der Waals surface area contributed by atoms with Crippen molar-refractivity contribution in [1.82, 2.24) is 0 Å². The lowest BCUT2D eigenvalue weighted by molar-refractivity contribution is 0.0600. The number of carbonyl (C=O) groups is 1. The van der Waals surface area contributed by atoms with Crippen molar-refractivity contribution in [2.24, 2.45) is 0 Å². The SMILES string of the molecule is CCCCCCCCc1cc2c(cc1C=Cc1ccc(C(=O)OC)cc1)C(C)(C)CCC2(C)C. The first kappa shape index (κ1) is 26.3. The highest BCUT2D eigenvalue weighted by Crippen LogP contribution is 2.47. The molecule has 2 aromatic rings. The van der Waals surface area contributed by atoms with Crippen LogP contribution in [-0.2, 0) is 22.0 Å². The van der Waals surface area contributed by atoms with Crippen LogP contribution < -0.4 is 0 Å². The Morgan fingerprint density at radius 3 is 2.06 bits per heavy atom. The van der Waals surface area contributed by atoms with Crippen molar-refractivity contribution in [3.8, 4) is 0 Å². The van der Waals surface area contributed by atoms with Gasteiger partial charge < -0.3 is 4.74 Å². The summed E-state index contributed by atoms with van der Waals surface area (Å²) in [7, 11) is 1.42. The fourth-order valence-electron chi connectivity index (χ4n) is 5.18. The minimum Gasteiger partial charge on any atom is -0.465 e. The van der Waals surface area contributed by atoms with E-state index in [1.165, 1.54) is 75.2 Å². The highest BCUT2D eigenvalue weighted by Gasteiger charge is 2.37. The Hall–Kier alpha value is -2.35. The molecule has 2 aromatic carbocycles. The molecular weight excluding hydrogens is 416 g/mol. The Kier molecular flexibility index (Phi) is 8.79. The number of hydrogen-bond acceptors (Lipinski definition) is 2. The Labute approximate surface area is 207 Å². The van der Waals surface area contributed by atoms with Crippen LogP contribution >= 0.6 is 0 Å². The average molecular weight is 461 g/mol. The lowest BCUT2D eigenvalue weighted by Gasteiger charge is -2.42. The van der Waals surface area contributed by atoms with Gasteiger partial charge in [0.15, 0.2) is 0 Å². The summed E-state index contributed by atoms with van der Waals surface area (Å²) in [6.07, 6.45) is 16.0. The number of carbonyl (C=O) groups excluding carboxylic acids is 1.